The third-order valence-electron chi connectivity index (χ3n) is 5.50. The first-order valence-corrected chi connectivity index (χ1v) is 10.9. The largest absolute Gasteiger partial charge is 0.489 e. The van der Waals surface area contributed by atoms with Crippen molar-refractivity contribution in [3.63, 3.8) is 0 Å². The molecule has 2 aromatic carbocycles. The van der Waals surface area contributed by atoms with E-state index < -0.39 is 33.8 Å². The van der Waals surface area contributed by atoms with E-state index in [0.29, 0.717) is 24.2 Å². The molecule has 1 saturated carbocycles. The molecule has 0 saturated heterocycles. The van der Waals surface area contributed by atoms with Crippen LogP contribution in [0.4, 0.5) is 13.2 Å². The van der Waals surface area contributed by atoms with Crippen molar-refractivity contribution in [3.05, 3.63) is 65.2 Å². The molecule has 2 aliphatic rings. The van der Waals surface area contributed by atoms with Crippen LogP contribution in [-0.4, -0.2) is 31.6 Å². The first kappa shape index (κ1) is 21.4. The smallest absolute Gasteiger partial charge is 0.416 e. The molecule has 0 amide bonds. The SMILES string of the molecule is O=C(O)/C=C/c1cccc2c1OC1CCC(NS(=O)(=O)c3ccc(C(F)(F)F)cc3)C21. The fourth-order valence-corrected chi connectivity index (χ4v) is 5.44. The summed E-state index contributed by atoms with van der Waals surface area (Å²) in [7, 11) is -4.04. The molecule has 2 N–H and O–H groups in total. The van der Waals surface area contributed by atoms with Crippen molar-refractivity contribution >= 4 is 22.1 Å². The molecule has 4 rings (SSSR count). The van der Waals surface area contributed by atoms with E-state index in [1.165, 1.54) is 6.08 Å². The Kier molecular flexibility index (Phi) is 5.30. The van der Waals surface area contributed by atoms with Crippen LogP contribution < -0.4 is 9.46 Å². The van der Waals surface area contributed by atoms with E-state index in [-0.39, 0.29) is 16.9 Å². The molecule has 6 nitrogen and oxygen atoms in total. The van der Waals surface area contributed by atoms with Gasteiger partial charge in [-0.2, -0.15) is 13.2 Å². The van der Waals surface area contributed by atoms with Crippen LogP contribution >= 0.6 is 0 Å². The first-order valence-electron chi connectivity index (χ1n) is 9.46. The lowest BCUT2D eigenvalue weighted by molar-refractivity contribution is -0.137. The van der Waals surface area contributed by atoms with Gasteiger partial charge in [0, 0.05) is 29.2 Å². The Morgan fingerprint density at radius 1 is 1.13 bits per heavy atom. The van der Waals surface area contributed by atoms with E-state index in [4.69, 9.17) is 9.84 Å². The molecule has 10 heteroatoms. The molecule has 1 aliphatic heterocycles. The second-order valence-corrected chi connectivity index (χ2v) is 9.16. The number of carboxylic acids is 1. The number of ether oxygens (including phenoxy) is 1. The monoisotopic (exact) mass is 453 g/mol. The second-order valence-electron chi connectivity index (χ2n) is 7.45. The lowest BCUT2D eigenvalue weighted by Crippen LogP contribution is -2.37. The summed E-state index contributed by atoms with van der Waals surface area (Å²) in [6, 6.07) is 8.10. The molecular weight excluding hydrogens is 435 g/mol. The van der Waals surface area contributed by atoms with Crippen LogP contribution in [0.2, 0.25) is 0 Å². The van der Waals surface area contributed by atoms with Gasteiger partial charge in [0.15, 0.2) is 0 Å². The van der Waals surface area contributed by atoms with E-state index >= 15 is 0 Å². The number of carbonyl (C=O) groups is 1. The number of aliphatic carboxylic acids is 1. The van der Waals surface area contributed by atoms with Crippen LogP contribution in [0.1, 0.15) is 35.4 Å². The molecule has 3 unspecified atom stereocenters. The van der Waals surface area contributed by atoms with Crippen LogP contribution in [0.15, 0.2) is 53.4 Å². The second kappa shape index (κ2) is 7.69. The van der Waals surface area contributed by atoms with Gasteiger partial charge in [0.25, 0.3) is 0 Å². The normalized spacial score (nSPS) is 22.9. The summed E-state index contributed by atoms with van der Waals surface area (Å²) in [5.74, 6) is -0.858. The number of alkyl halides is 3. The molecule has 1 fully saturated rings. The number of nitrogens with one attached hydrogen (secondary N) is 1. The van der Waals surface area contributed by atoms with Gasteiger partial charge in [-0.1, -0.05) is 18.2 Å². The minimum Gasteiger partial charge on any atom is -0.489 e. The van der Waals surface area contributed by atoms with Gasteiger partial charge in [0.05, 0.1) is 10.5 Å². The molecule has 2 aromatic rings. The maximum absolute atomic E-state index is 12.8. The lowest BCUT2D eigenvalue weighted by atomic mass is 9.93. The third-order valence-corrected chi connectivity index (χ3v) is 7.01. The highest BCUT2D eigenvalue weighted by molar-refractivity contribution is 7.89. The Balaban J connectivity index is 1.58. The van der Waals surface area contributed by atoms with Gasteiger partial charge in [-0.3, -0.25) is 0 Å². The maximum Gasteiger partial charge on any atom is 0.416 e. The quantitative estimate of drug-likeness (QED) is 0.672. The number of halogens is 3. The summed E-state index contributed by atoms with van der Waals surface area (Å²) in [6.07, 6.45) is -1.31. The lowest BCUT2D eigenvalue weighted by Gasteiger charge is -2.20. The van der Waals surface area contributed by atoms with Crippen molar-refractivity contribution in [2.24, 2.45) is 0 Å². The fourth-order valence-electron chi connectivity index (χ4n) is 4.15. The van der Waals surface area contributed by atoms with Gasteiger partial charge in [-0.05, 0) is 43.2 Å². The zero-order valence-electron chi connectivity index (χ0n) is 16.0. The number of carboxylic acid groups (broad SMARTS) is 1. The fraction of sp³-hybridized carbons (Fsp3) is 0.286. The van der Waals surface area contributed by atoms with E-state index in [1.807, 2.05) is 6.07 Å². The highest BCUT2D eigenvalue weighted by Gasteiger charge is 2.46. The highest BCUT2D eigenvalue weighted by atomic mass is 32.2. The van der Waals surface area contributed by atoms with E-state index in [2.05, 4.69) is 4.72 Å². The predicted octanol–water partition coefficient (Wildman–Crippen LogP) is 3.79. The Morgan fingerprint density at radius 3 is 2.48 bits per heavy atom. The summed E-state index contributed by atoms with van der Waals surface area (Å²) in [4.78, 5) is 10.6. The molecule has 1 aliphatic carbocycles. The van der Waals surface area contributed by atoms with Gasteiger partial charge in [0.2, 0.25) is 10.0 Å². The minimum atomic E-state index is -4.55. The zero-order valence-corrected chi connectivity index (χ0v) is 16.8. The van der Waals surface area contributed by atoms with Gasteiger partial charge in [0.1, 0.15) is 11.9 Å². The topological polar surface area (TPSA) is 92.7 Å². The number of fused-ring (bicyclic) bond motifs is 3. The maximum atomic E-state index is 12.8. The molecule has 164 valence electrons. The van der Waals surface area contributed by atoms with E-state index in [9.17, 15) is 26.4 Å². The van der Waals surface area contributed by atoms with E-state index in [1.54, 1.807) is 12.1 Å². The molecule has 31 heavy (non-hydrogen) atoms. The molecule has 3 atom stereocenters. The van der Waals surface area contributed by atoms with E-state index in [0.717, 1.165) is 35.9 Å². The summed E-state index contributed by atoms with van der Waals surface area (Å²) >= 11 is 0. The van der Waals surface area contributed by atoms with Crippen molar-refractivity contribution in [2.45, 2.75) is 42.0 Å². The van der Waals surface area contributed by atoms with Crippen LogP contribution in [0, 0.1) is 0 Å². The number of hydrogen-bond donors (Lipinski definition) is 2. The molecule has 0 spiro atoms. The zero-order chi connectivity index (χ0) is 22.4. The Hall–Kier alpha value is -2.85. The number of benzene rings is 2. The molecule has 1 heterocycles. The van der Waals surface area contributed by atoms with Crippen LogP contribution in [0.3, 0.4) is 0 Å². The van der Waals surface area contributed by atoms with Crippen molar-refractivity contribution in [1.29, 1.82) is 0 Å². The summed E-state index contributed by atoms with van der Waals surface area (Å²) in [5.41, 5.74) is 0.432. The number of rotatable bonds is 5. The third kappa shape index (κ3) is 4.17. The van der Waals surface area contributed by atoms with Gasteiger partial charge in [-0.25, -0.2) is 17.9 Å². The molecule has 0 bridgehead atoms. The van der Waals surface area contributed by atoms with Crippen molar-refractivity contribution in [1.82, 2.24) is 4.72 Å². The predicted molar refractivity (Wildman–Crippen MR) is 105 cm³/mol. The van der Waals surface area contributed by atoms with Gasteiger partial charge >= 0.3 is 12.1 Å². The minimum absolute atomic E-state index is 0.249. The van der Waals surface area contributed by atoms with Crippen molar-refractivity contribution in [2.75, 3.05) is 0 Å². The Labute approximate surface area is 176 Å². The molecule has 0 aromatic heterocycles. The van der Waals surface area contributed by atoms with Crippen LogP contribution in [0.5, 0.6) is 5.75 Å². The molecular formula is C21H18F3NO5S. The Bertz CT molecular complexity index is 1140. The van der Waals surface area contributed by atoms with Crippen molar-refractivity contribution in [3.8, 4) is 5.75 Å². The van der Waals surface area contributed by atoms with Crippen LogP contribution in [-0.2, 0) is 21.0 Å². The molecule has 0 radical (unpaired) electrons. The number of hydrogen-bond acceptors (Lipinski definition) is 4. The van der Waals surface area contributed by atoms with Gasteiger partial charge in [-0.15, -0.1) is 0 Å². The highest BCUT2D eigenvalue weighted by Crippen LogP contribution is 2.49. The summed E-state index contributed by atoms with van der Waals surface area (Å²) in [5, 5.41) is 8.86. The first-order chi connectivity index (χ1) is 14.6. The standard InChI is InChI=1S/C21H18F3NO5S/c22-21(23,24)13-5-7-14(8-6-13)31(28,29)25-16-9-10-17-19(16)15-3-1-2-12(20(15)30-17)4-11-18(26)27/h1-8,11,16-17,19,25H,9-10H2,(H,26,27)/b11-4+. The van der Waals surface area contributed by atoms with Crippen LogP contribution in [0.25, 0.3) is 6.08 Å². The summed E-state index contributed by atoms with van der Waals surface area (Å²) in [6.45, 7) is 0. The summed E-state index contributed by atoms with van der Waals surface area (Å²) < 4.78 is 72.4. The van der Waals surface area contributed by atoms with Gasteiger partial charge < -0.3 is 9.84 Å². The van der Waals surface area contributed by atoms with Crippen molar-refractivity contribution < 1.29 is 36.2 Å². The number of para-hydroxylation sites is 1. The average molecular weight is 453 g/mol. The average Bonchev–Trinajstić information content (AvgIpc) is 3.26. The number of sulfonamides is 1. The Morgan fingerprint density at radius 2 is 1.84 bits per heavy atom.